The quantitative estimate of drug-likeness (QED) is 0.734. The van der Waals surface area contributed by atoms with Crippen LogP contribution in [0.4, 0.5) is 0 Å². The average Bonchev–Trinajstić information content (AvgIpc) is 2.37. The molecule has 0 spiro atoms. The van der Waals surface area contributed by atoms with Crippen LogP contribution in [0.5, 0.6) is 0 Å². The standard InChI is InChI=1S/C15H14S/c1-3-7-14(8-4-1)11-12-16-13-15-9-5-2-6-10-15/h1-12H,13H2. The van der Waals surface area contributed by atoms with Crippen molar-refractivity contribution in [3.05, 3.63) is 77.2 Å². The molecule has 0 radical (unpaired) electrons. The first kappa shape index (κ1) is 11.0. The lowest BCUT2D eigenvalue weighted by molar-refractivity contribution is 1.42. The Bertz CT molecular complexity index is 432. The maximum atomic E-state index is 2.16. The van der Waals surface area contributed by atoms with Crippen LogP contribution in [0.3, 0.4) is 0 Å². The van der Waals surface area contributed by atoms with Gasteiger partial charge in [0.05, 0.1) is 0 Å². The first-order valence-electron chi connectivity index (χ1n) is 5.32. The Kier molecular flexibility index (Phi) is 4.26. The highest BCUT2D eigenvalue weighted by molar-refractivity contribution is 8.01. The summed E-state index contributed by atoms with van der Waals surface area (Å²) in [6, 6.07) is 20.9. The molecular formula is C15H14S. The topological polar surface area (TPSA) is 0 Å². The zero-order valence-corrected chi connectivity index (χ0v) is 9.86. The van der Waals surface area contributed by atoms with Crippen molar-refractivity contribution in [2.24, 2.45) is 0 Å². The third-order valence-electron chi connectivity index (χ3n) is 2.25. The van der Waals surface area contributed by atoms with Gasteiger partial charge in [-0.25, -0.2) is 0 Å². The summed E-state index contributed by atoms with van der Waals surface area (Å²) in [6.07, 6.45) is 2.15. The summed E-state index contributed by atoms with van der Waals surface area (Å²) in [4.78, 5) is 0. The third kappa shape index (κ3) is 3.59. The minimum absolute atomic E-state index is 1.03. The van der Waals surface area contributed by atoms with Crippen molar-refractivity contribution in [3.8, 4) is 0 Å². The molecule has 0 nitrogen and oxygen atoms in total. The predicted octanol–water partition coefficient (Wildman–Crippen LogP) is 4.59. The Morgan fingerprint density at radius 1 is 0.812 bits per heavy atom. The lowest BCUT2D eigenvalue weighted by Gasteiger charge is -1.96. The molecule has 0 bridgehead atoms. The monoisotopic (exact) mass is 226 g/mol. The molecule has 2 aromatic carbocycles. The second kappa shape index (κ2) is 6.19. The van der Waals surface area contributed by atoms with E-state index in [1.165, 1.54) is 11.1 Å². The Hall–Kier alpha value is -1.47. The molecule has 0 fully saturated rings. The first-order chi connectivity index (χ1) is 7.95. The van der Waals surface area contributed by atoms with Crippen LogP contribution in [0.2, 0.25) is 0 Å². The highest BCUT2D eigenvalue weighted by Gasteiger charge is 1.88. The fraction of sp³-hybridized carbons (Fsp3) is 0.0667. The molecule has 0 aliphatic carbocycles. The normalized spacial score (nSPS) is 10.8. The molecular weight excluding hydrogens is 212 g/mol. The molecule has 0 atom stereocenters. The second-order valence-electron chi connectivity index (χ2n) is 3.51. The van der Waals surface area contributed by atoms with Crippen LogP contribution >= 0.6 is 11.8 Å². The van der Waals surface area contributed by atoms with Crippen molar-refractivity contribution in [1.82, 2.24) is 0 Å². The predicted molar refractivity (Wildman–Crippen MR) is 73.2 cm³/mol. The zero-order valence-electron chi connectivity index (χ0n) is 9.04. The van der Waals surface area contributed by atoms with Gasteiger partial charge in [-0.05, 0) is 22.6 Å². The van der Waals surface area contributed by atoms with E-state index in [-0.39, 0.29) is 0 Å². The van der Waals surface area contributed by atoms with Crippen molar-refractivity contribution >= 4 is 17.8 Å². The maximum Gasteiger partial charge on any atom is 0.0226 e. The van der Waals surface area contributed by atoms with E-state index in [2.05, 4.69) is 60.0 Å². The molecule has 0 aromatic heterocycles. The summed E-state index contributed by atoms with van der Waals surface area (Å²) in [5.74, 6) is 1.03. The smallest absolute Gasteiger partial charge is 0.0226 e. The molecule has 16 heavy (non-hydrogen) atoms. The molecule has 0 aliphatic heterocycles. The SMILES string of the molecule is C(=Cc1ccccc1)SCc1ccccc1. The number of benzene rings is 2. The van der Waals surface area contributed by atoms with E-state index in [0.29, 0.717) is 0 Å². The highest BCUT2D eigenvalue weighted by atomic mass is 32.2. The van der Waals surface area contributed by atoms with Gasteiger partial charge in [0.1, 0.15) is 0 Å². The Morgan fingerprint density at radius 3 is 2.12 bits per heavy atom. The van der Waals surface area contributed by atoms with Crippen molar-refractivity contribution < 1.29 is 0 Å². The van der Waals surface area contributed by atoms with E-state index >= 15 is 0 Å². The molecule has 0 unspecified atom stereocenters. The lowest BCUT2D eigenvalue weighted by Crippen LogP contribution is -1.75. The minimum Gasteiger partial charge on any atom is -0.129 e. The second-order valence-corrected chi connectivity index (χ2v) is 4.40. The van der Waals surface area contributed by atoms with Gasteiger partial charge in [0, 0.05) is 5.75 Å². The summed E-state index contributed by atoms with van der Waals surface area (Å²) < 4.78 is 0. The molecule has 0 N–H and O–H groups in total. The van der Waals surface area contributed by atoms with Gasteiger partial charge in [-0.1, -0.05) is 60.7 Å². The Labute approximate surface area is 101 Å². The largest absolute Gasteiger partial charge is 0.129 e. The zero-order chi connectivity index (χ0) is 11.1. The highest BCUT2D eigenvalue weighted by Crippen LogP contribution is 2.14. The van der Waals surface area contributed by atoms with Crippen molar-refractivity contribution in [2.45, 2.75) is 5.75 Å². The lowest BCUT2D eigenvalue weighted by atomic mass is 10.2. The van der Waals surface area contributed by atoms with E-state index < -0.39 is 0 Å². The van der Waals surface area contributed by atoms with Crippen LogP contribution in [0, 0.1) is 0 Å². The van der Waals surface area contributed by atoms with E-state index in [9.17, 15) is 0 Å². The van der Waals surface area contributed by atoms with Crippen LogP contribution in [-0.2, 0) is 5.75 Å². The first-order valence-corrected chi connectivity index (χ1v) is 6.37. The van der Waals surface area contributed by atoms with Gasteiger partial charge >= 0.3 is 0 Å². The fourth-order valence-corrected chi connectivity index (χ4v) is 2.14. The minimum atomic E-state index is 1.03. The van der Waals surface area contributed by atoms with E-state index in [0.717, 1.165) is 5.75 Å². The van der Waals surface area contributed by atoms with Crippen molar-refractivity contribution in [3.63, 3.8) is 0 Å². The van der Waals surface area contributed by atoms with Gasteiger partial charge in [-0.15, -0.1) is 11.8 Å². The summed E-state index contributed by atoms with van der Waals surface area (Å²) in [5, 5.41) is 2.16. The summed E-state index contributed by atoms with van der Waals surface area (Å²) in [5.41, 5.74) is 2.62. The molecule has 0 saturated heterocycles. The van der Waals surface area contributed by atoms with Crippen LogP contribution < -0.4 is 0 Å². The van der Waals surface area contributed by atoms with Crippen LogP contribution in [-0.4, -0.2) is 0 Å². The van der Waals surface area contributed by atoms with Crippen LogP contribution in [0.1, 0.15) is 11.1 Å². The van der Waals surface area contributed by atoms with Gasteiger partial charge in [0.2, 0.25) is 0 Å². The Balaban J connectivity index is 1.83. The summed E-state index contributed by atoms with van der Waals surface area (Å²) >= 11 is 1.82. The molecule has 0 aliphatic rings. The van der Waals surface area contributed by atoms with Gasteiger partial charge in [-0.3, -0.25) is 0 Å². The van der Waals surface area contributed by atoms with Gasteiger partial charge < -0.3 is 0 Å². The molecule has 0 amide bonds. The molecule has 0 heterocycles. The maximum absolute atomic E-state index is 2.16. The number of rotatable bonds is 4. The summed E-state index contributed by atoms with van der Waals surface area (Å²) in [7, 11) is 0. The van der Waals surface area contributed by atoms with E-state index in [4.69, 9.17) is 0 Å². The molecule has 2 aromatic rings. The van der Waals surface area contributed by atoms with Crippen LogP contribution in [0.25, 0.3) is 6.08 Å². The van der Waals surface area contributed by atoms with Gasteiger partial charge in [-0.2, -0.15) is 0 Å². The Morgan fingerprint density at radius 2 is 1.44 bits per heavy atom. The molecule has 1 heteroatoms. The van der Waals surface area contributed by atoms with Crippen molar-refractivity contribution in [2.75, 3.05) is 0 Å². The van der Waals surface area contributed by atoms with Gasteiger partial charge in [0.15, 0.2) is 0 Å². The number of thioether (sulfide) groups is 1. The molecule has 0 saturated carbocycles. The van der Waals surface area contributed by atoms with E-state index in [1.807, 2.05) is 23.9 Å². The summed E-state index contributed by atoms with van der Waals surface area (Å²) in [6.45, 7) is 0. The number of hydrogen-bond acceptors (Lipinski definition) is 1. The number of hydrogen-bond donors (Lipinski definition) is 0. The van der Waals surface area contributed by atoms with E-state index in [1.54, 1.807) is 0 Å². The van der Waals surface area contributed by atoms with Crippen molar-refractivity contribution in [1.29, 1.82) is 0 Å². The molecule has 2 rings (SSSR count). The average molecular weight is 226 g/mol. The fourth-order valence-electron chi connectivity index (χ4n) is 1.41. The molecule has 80 valence electrons. The van der Waals surface area contributed by atoms with Gasteiger partial charge in [0.25, 0.3) is 0 Å². The third-order valence-corrected chi connectivity index (χ3v) is 3.08. The van der Waals surface area contributed by atoms with Crippen LogP contribution in [0.15, 0.2) is 66.1 Å².